The SMILES string of the molecule is CCC(=S)C(C)(C)C. The topological polar surface area (TPSA) is 0 Å². The van der Waals surface area contributed by atoms with Crippen LogP contribution in [0.1, 0.15) is 34.1 Å². The molecule has 1 heteroatoms. The first-order valence-corrected chi connectivity index (χ1v) is 3.42. The smallest absolute Gasteiger partial charge is 0.00208 e. The van der Waals surface area contributed by atoms with Crippen LogP contribution in [-0.2, 0) is 0 Å². The van der Waals surface area contributed by atoms with Crippen molar-refractivity contribution in [3.05, 3.63) is 0 Å². The van der Waals surface area contributed by atoms with E-state index in [2.05, 4.69) is 27.7 Å². The van der Waals surface area contributed by atoms with E-state index in [4.69, 9.17) is 12.2 Å². The van der Waals surface area contributed by atoms with Crippen LogP contribution in [0.4, 0.5) is 0 Å². The lowest BCUT2D eigenvalue weighted by molar-refractivity contribution is 0.591. The summed E-state index contributed by atoms with van der Waals surface area (Å²) >= 11 is 5.09. The number of rotatable bonds is 1. The Bertz CT molecular complexity index is 87.1. The highest BCUT2D eigenvalue weighted by molar-refractivity contribution is 7.80. The van der Waals surface area contributed by atoms with Gasteiger partial charge >= 0.3 is 0 Å². The van der Waals surface area contributed by atoms with Crippen LogP contribution in [0.25, 0.3) is 0 Å². The molecule has 0 fully saturated rings. The molecule has 8 heavy (non-hydrogen) atoms. The van der Waals surface area contributed by atoms with Crippen LogP contribution in [0.15, 0.2) is 0 Å². The molecule has 0 bridgehead atoms. The summed E-state index contributed by atoms with van der Waals surface area (Å²) in [5.74, 6) is 0. The van der Waals surface area contributed by atoms with Crippen LogP contribution in [0.2, 0.25) is 0 Å². The third-order valence-corrected chi connectivity index (χ3v) is 2.06. The fourth-order valence-corrected chi connectivity index (χ4v) is 0.530. The summed E-state index contributed by atoms with van der Waals surface area (Å²) < 4.78 is 0. The Morgan fingerprint density at radius 3 is 1.75 bits per heavy atom. The van der Waals surface area contributed by atoms with Crippen molar-refractivity contribution in [3.8, 4) is 0 Å². The highest BCUT2D eigenvalue weighted by atomic mass is 32.1. The molecule has 0 unspecified atom stereocenters. The van der Waals surface area contributed by atoms with Crippen molar-refractivity contribution in [2.24, 2.45) is 5.41 Å². The fourth-order valence-electron chi connectivity index (χ4n) is 0.530. The molecule has 0 amide bonds. The zero-order valence-corrected chi connectivity index (χ0v) is 6.93. The summed E-state index contributed by atoms with van der Waals surface area (Å²) in [6.07, 6.45) is 1.03. The standard InChI is InChI=1S/C7H14S/c1-5-6(8)7(2,3)4/h5H2,1-4H3. The summed E-state index contributed by atoms with van der Waals surface area (Å²) in [7, 11) is 0. The Kier molecular flexibility index (Phi) is 2.61. The largest absolute Gasteiger partial charge is 0.0891 e. The van der Waals surface area contributed by atoms with Gasteiger partial charge in [0.05, 0.1) is 0 Å². The number of hydrogen-bond acceptors (Lipinski definition) is 1. The van der Waals surface area contributed by atoms with Crippen LogP contribution < -0.4 is 0 Å². The van der Waals surface area contributed by atoms with Gasteiger partial charge in [0.2, 0.25) is 0 Å². The average molecular weight is 130 g/mol. The van der Waals surface area contributed by atoms with Crippen molar-refractivity contribution in [2.45, 2.75) is 34.1 Å². The Labute approximate surface area is 57.3 Å². The summed E-state index contributed by atoms with van der Waals surface area (Å²) in [6.45, 7) is 8.56. The molecule has 0 spiro atoms. The molecular weight excluding hydrogens is 116 g/mol. The van der Waals surface area contributed by atoms with E-state index in [1.165, 1.54) is 0 Å². The minimum absolute atomic E-state index is 0.240. The first-order valence-electron chi connectivity index (χ1n) is 3.01. The highest BCUT2D eigenvalue weighted by Gasteiger charge is 2.13. The predicted molar refractivity (Wildman–Crippen MR) is 42.3 cm³/mol. The number of thiocarbonyl (C=S) groups is 1. The van der Waals surface area contributed by atoms with Crippen molar-refractivity contribution in [2.75, 3.05) is 0 Å². The van der Waals surface area contributed by atoms with E-state index in [-0.39, 0.29) is 5.41 Å². The van der Waals surface area contributed by atoms with E-state index in [0.29, 0.717) is 0 Å². The van der Waals surface area contributed by atoms with Gasteiger partial charge in [-0.1, -0.05) is 39.9 Å². The van der Waals surface area contributed by atoms with E-state index in [0.717, 1.165) is 11.3 Å². The van der Waals surface area contributed by atoms with Gasteiger partial charge in [0.15, 0.2) is 0 Å². The molecule has 0 aromatic carbocycles. The van der Waals surface area contributed by atoms with Gasteiger partial charge in [-0.15, -0.1) is 0 Å². The second-order valence-electron chi connectivity index (χ2n) is 3.03. The Balaban J connectivity index is 3.82. The summed E-state index contributed by atoms with van der Waals surface area (Å²) in [5, 5.41) is 0. The van der Waals surface area contributed by atoms with Crippen LogP contribution in [0, 0.1) is 5.41 Å². The quantitative estimate of drug-likeness (QED) is 0.492. The molecule has 0 rings (SSSR count). The van der Waals surface area contributed by atoms with Crippen LogP contribution in [0.5, 0.6) is 0 Å². The number of hydrogen-bond donors (Lipinski definition) is 0. The summed E-state index contributed by atoms with van der Waals surface area (Å²) in [5.41, 5.74) is 0.240. The lowest BCUT2D eigenvalue weighted by Crippen LogP contribution is -2.16. The molecule has 0 aliphatic carbocycles. The molecule has 0 aromatic heterocycles. The third-order valence-electron chi connectivity index (χ3n) is 1.16. The minimum atomic E-state index is 0.240. The summed E-state index contributed by atoms with van der Waals surface area (Å²) in [6, 6.07) is 0. The first-order chi connectivity index (χ1) is 3.48. The average Bonchev–Trinajstić information content (AvgIpc) is 1.62. The molecule has 0 aliphatic rings. The maximum atomic E-state index is 5.09. The Morgan fingerprint density at radius 1 is 1.38 bits per heavy atom. The van der Waals surface area contributed by atoms with Crippen LogP contribution in [-0.4, -0.2) is 4.86 Å². The second-order valence-corrected chi connectivity index (χ2v) is 3.52. The second kappa shape index (κ2) is 2.58. The lowest BCUT2D eigenvalue weighted by atomic mass is 9.91. The monoisotopic (exact) mass is 130 g/mol. The molecule has 0 aromatic rings. The van der Waals surface area contributed by atoms with Gasteiger partial charge in [0.25, 0.3) is 0 Å². The molecule has 0 heterocycles. The van der Waals surface area contributed by atoms with E-state index in [9.17, 15) is 0 Å². The Hall–Kier alpha value is 0.0900. The molecule has 0 nitrogen and oxygen atoms in total. The van der Waals surface area contributed by atoms with Gasteiger partial charge in [-0.2, -0.15) is 0 Å². The molecule has 0 saturated carbocycles. The maximum Gasteiger partial charge on any atom is -0.00208 e. The van der Waals surface area contributed by atoms with Crippen LogP contribution >= 0.6 is 12.2 Å². The molecule has 0 saturated heterocycles. The third kappa shape index (κ3) is 2.41. The predicted octanol–water partition coefficient (Wildman–Crippen LogP) is 2.81. The van der Waals surface area contributed by atoms with Gasteiger partial charge < -0.3 is 0 Å². The van der Waals surface area contributed by atoms with Crippen molar-refractivity contribution in [1.82, 2.24) is 0 Å². The molecular formula is C7H14S. The van der Waals surface area contributed by atoms with Gasteiger partial charge in [-0.25, -0.2) is 0 Å². The van der Waals surface area contributed by atoms with E-state index in [1.807, 2.05) is 0 Å². The zero-order valence-electron chi connectivity index (χ0n) is 6.12. The van der Waals surface area contributed by atoms with Crippen molar-refractivity contribution >= 4 is 17.1 Å². The molecule has 48 valence electrons. The van der Waals surface area contributed by atoms with E-state index >= 15 is 0 Å². The molecule has 0 N–H and O–H groups in total. The van der Waals surface area contributed by atoms with E-state index < -0.39 is 0 Å². The van der Waals surface area contributed by atoms with Crippen molar-refractivity contribution in [3.63, 3.8) is 0 Å². The normalized spacial score (nSPS) is 11.5. The maximum absolute atomic E-state index is 5.09. The first kappa shape index (κ1) is 8.09. The van der Waals surface area contributed by atoms with Gasteiger partial charge in [0, 0.05) is 0 Å². The van der Waals surface area contributed by atoms with Gasteiger partial charge in [0.1, 0.15) is 0 Å². The molecule has 0 atom stereocenters. The fraction of sp³-hybridized carbons (Fsp3) is 0.857. The molecule has 0 radical (unpaired) electrons. The van der Waals surface area contributed by atoms with Gasteiger partial charge in [-0.3, -0.25) is 0 Å². The van der Waals surface area contributed by atoms with Crippen LogP contribution in [0.3, 0.4) is 0 Å². The Morgan fingerprint density at radius 2 is 1.75 bits per heavy atom. The van der Waals surface area contributed by atoms with Crippen molar-refractivity contribution < 1.29 is 0 Å². The highest BCUT2D eigenvalue weighted by Crippen LogP contribution is 2.17. The summed E-state index contributed by atoms with van der Waals surface area (Å²) in [4.78, 5) is 1.16. The van der Waals surface area contributed by atoms with Crippen molar-refractivity contribution in [1.29, 1.82) is 0 Å². The lowest BCUT2D eigenvalue weighted by Gasteiger charge is -2.17. The van der Waals surface area contributed by atoms with Gasteiger partial charge in [-0.05, 0) is 16.7 Å². The minimum Gasteiger partial charge on any atom is -0.0891 e. The zero-order chi connectivity index (χ0) is 6.78. The molecule has 0 aliphatic heterocycles. The van der Waals surface area contributed by atoms with E-state index in [1.54, 1.807) is 0 Å².